The highest BCUT2D eigenvalue weighted by molar-refractivity contribution is 9.10. The van der Waals surface area contributed by atoms with Crippen LogP contribution < -0.4 is 10.6 Å². The number of hydrogen-bond donors (Lipinski definition) is 2. The Morgan fingerprint density at radius 1 is 0.872 bits per heavy atom. The van der Waals surface area contributed by atoms with E-state index in [0.29, 0.717) is 34.9 Å². The lowest BCUT2D eigenvalue weighted by atomic mass is 10.1. The number of carbonyl (C=O) groups excluding carboxylic acids is 3. The van der Waals surface area contributed by atoms with Gasteiger partial charge < -0.3 is 15.1 Å². The van der Waals surface area contributed by atoms with Crippen molar-refractivity contribution in [1.29, 1.82) is 0 Å². The Hall–Kier alpha value is -4.08. The Morgan fingerprint density at radius 3 is 2.41 bits per heavy atom. The lowest BCUT2D eigenvalue weighted by Crippen LogP contribution is -2.31. The summed E-state index contributed by atoms with van der Waals surface area (Å²) in [5.41, 5.74) is 2.58. The lowest BCUT2D eigenvalue weighted by Gasteiger charge is -2.13. The van der Waals surface area contributed by atoms with Gasteiger partial charge in [-0.1, -0.05) is 64.1 Å². The molecule has 39 heavy (non-hydrogen) atoms. The third kappa shape index (κ3) is 6.68. The van der Waals surface area contributed by atoms with Gasteiger partial charge in [-0.05, 0) is 66.6 Å². The summed E-state index contributed by atoms with van der Waals surface area (Å²) >= 11 is 4.59. The molecule has 0 atom stereocenters. The molecule has 0 fully saturated rings. The molecule has 2 N–H and O–H groups in total. The van der Waals surface area contributed by atoms with Crippen LogP contribution in [-0.2, 0) is 27.3 Å². The molecule has 1 aliphatic heterocycles. The van der Waals surface area contributed by atoms with E-state index in [9.17, 15) is 14.4 Å². The van der Waals surface area contributed by atoms with E-state index in [4.69, 9.17) is 4.42 Å². The van der Waals surface area contributed by atoms with Gasteiger partial charge in [-0.2, -0.15) is 0 Å². The van der Waals surface area contributed by atoms with Gasteiger partial charge in [-0.25, -0.2) is 0 Å². The van der Waals surface area contributed by atoms with Crippen molar-refractivity contribution in [2.24, 2.45) is 0 Å². The minimum Gasteiger partial charge on any atom is -0.467 e. The van der Waals surface area contributed by atoms with E-state index in [0.717, 1.165) is 14.9 Å². The Bertz CT molecular complexity index is 1520. The van der Waals surface area contributed by atoms with E-state index in [2.05, 4.69) is 26.6 Å². The summed E-state index contributed by atoms with van der Waals surface area (Å²) < 4.78 is 6.27. The van der Waals surface area contributed by atoms with E-state index in [-0.39, 0.29) is 23.1 Å². The number of hydrogen-bond acceptors (Lipinski definition) is 6. The summed E-state index contributed by atoms with van der Waals surface area (Å²) in [6, 6.07) is 27.8. The van der Waals surface area contributed by atoms with E-state index in [1.54, 1.807) is 30.3 Å². The van der Waals surface area contributed by atoms with Crippen molar-refractivity contribution >= 4 is 56.8 Å². The summed E-state index contributed by atoms with van der Waals surface area (Å²) in [4.78, 5) is 41.5. The molecule has 0 spiro atoms. The number of nitrogens with zero attached hydrogens (tertiary/aromatic N) is 1. The van der Waals surface area contributed by atoms with Gasteiger partial charge in [0.25, 0.3) is 11.8 Å². The molecule has 0 radical (unpaired) electrons. The maximum absolute atomic E-state index is 13.5. The summed E-state index contributed by atoms with van der Waals surface area (Å²) in [5, 5.41) is 6.06. The first-order valence-electron chi connectivity index (χ1n) is 12.2. The second kappa shape index (κ2) is 12.2. The number of imide groups is 1. The fourth-order valence-electron chi connectivity index (χ4n) is 4.02. The Morgan fingerprint density at radius 2 is 1.67 bits per heavy atom. The number of rotatable bonds is 10. The van der Waals surface area contributed by atoms with Crippen molar-refractivity contribution in [2.75, 3.05) is 10.6 Å². The van der Waals surface area contributed by atoms with Gasteiger partial charge in [0.05, 0.1) is 12.8 Å². The Balaban J connectivity index is 1.34. The molecule has 9 heteroatoms. The number of furan rings is 1. The van der Waals surface area contributed by atoms with Crippen LogP contribution in [0.4, 0.5) is 11.4 Å². The van der Waals surface area contributed by atoms with Crippen LogP contribution in [0.2, 0.25) is 0 Å². The van der Waals surface area contributed by atoms with Gasteiger partial charge in [0.1, 0.15) is 16.4 Å². The lowest BCUT2D eigenvalue weighted by molar-refractivity contribution is -0.138. The first kappa shape index (κ1) is 26.5. The van der Waals surface area contributed by atoms with Crippen molar-refractivity contribution in [3.8, 4) is 0 Å². The summed E-state index contributed by atoms with van der Waals surface area (Å²) in [6.07, 6.45) is 2.49. The van der Waals surface area contributed by atoms with Crippen molar-refractivity contribution in [3.05, 3.63) is 124 Å². The monoisotopic (exact) mass is 601 g/mol. The molecular formula is C30H24BrN3O4S. The first-order valence-corrected chi connectivity index (χ1v) is 13.8. The molecule has 0 aliphatic carbocycles. The second-order valence-electron chi connectivity index (χ2n) is 8.78. The number of anilines is 2. The molecule has 5 rings (SSSR count). The number of carbonyl (C=O) groups is 3. The maximum atomic E-state index is 13.5. The normalized spacial score (nSPS) is 13.2. The van der Waals surface area contributed by atoms with Gasteiger partial charge in [-0.3, -0.25) is 19.3 Å². The fraction of sp³-hybridized carbons (Fsp3) is 0.100. The molecule has 196 valence electrons. The summed E-state index contributed by atoms with van der Waals surface area (Å²) in [5.74, 6) is -0.453. The third-order valence-corrected chi connectivity index (χ3v) is 7.56. The molecule has 4 aromatic rings. The van der Waals surface area contributed by atoms with Crippen LogP contribution in [0.15, 0.2) is 122 Å². The number of amides is 3. The zero-order chi connectivity index (χ0) is 27.2. The van der Waals surface area contributed by atoms with Gasteiger partial charge in [0.2, 0.25) is 5.91 Å². The van der Waals surface area contributed by atoms with Gasteiger partial charge in [0.15, 0.2) is 0 Å². The average molecular weight is 603 g/mol. The van der Waals surface area contributed by atoms with Crippen LogP contribution in [0.25, 0.3) is 0 Å². The second-order valence-corrected chi connectivity index (χ2v) is 10.8. The third-order valence-electron chi connectivity index (χ3n) is 5.95. The van der Waals surface area contributed by atoms with Gasteiger partial charge in [-0.15, -0.1) is 0 Å². The van der Waals surface area contributed by atoms with E-state index < -0.39 is 11.8 Å². The van der Waals surface area contributed by atoms with Crippen molar-refractivity contribution < 1.29 is 18.8 Å². The minimum atomic E-state index is -0.438. The van der Waals surface area contributed by atoms with E-state index in [1.165, 1.54) is 18.0 Å². The molecule has 3 aromatic carbocycles. The van der Waals surface area contributed by atoms with Crippen molar-refractivity contribution in [1.82, 2.24) is 4.90 Å². The van der Waals surface area contributed by atoms with E-state index >= 15 is 0 Å². The SMILES string of the molecule is O=C(CCc1ccccc1)Nc1cccc(SC2=C(Nc3ccc(Br)cc3)C(=O)N(Cc3ccco3)C2=O)c1. The molecule has 1 aromatic heterocycles. The summed E-state index contributed by atoms with van der Waals surface area (Å²) in [7, 11) is 0. The predicted octanol–water partition coefficient (Wildman–Crippen LogP) is 6.60. The average Bonchev–Trinajstić information content (AvgIpc) is 3.53. The number of aryl methyl sites for hydroxylation is 1. The number of halogens is 1. The molecule has 0 unspecified atom stereocenters. The van der Waals surface area contributed by atoms with Gasteiger partial charge in [0, 0.05) is 27.2 Å². The highest BCUT2D eigenvalue weighted by Gasteiger charge is 2.39. The smallest absolute Gasteiger partial charge is 0.278 e. The van der Waals surface area contributed by atoms with Crippen LogP contribution in [0.3, 0.4) is 0 Å². The van der Waals surface area contributed by atoms with Crippen LogP contribution in [0.1, 0.15) is 17.7 Å². The predicted molar refractivity (Wildman–Crippen MR) is 155 cm³/mol. The highest BCUT2D eigenvalue weighted by Crippen LogP contribution is 2.37. The topological polar surface area (TPSA) is 91.7 Å². The molecule has 0 saturated carbocycles. The van der Waals surface area contributed by atoms with Crippen molar-refractivity contribution in [2.45, 2.75) is 24.3 Å². The van der Waals surface area contributed by atoms with Crippen LogP contribution >= 0.6 is 27.7 Å². The van der Waals surface area contributed by atoms with Crippen LogP contribution in [0.5, 0.6) is 0 Å². The molecule has 0 saturated heterocycles. The number of nitrogens with one attached hydrogen (secondary N) is 2. The molecule has 3 amide bonds. The highest BCUT2D eigenvalue weighted by atomic mass is 79.9. The van der Waals surface area contributed by atoms with Crippen LogP contribution in [0, 0.1) is 0 Å². The minimum absolute atomic E-state index is 0.0256. The van der Waals surface area contributed by atoms with Crippen molar-refractivity contribution in [3.63, 3.8) is 0 Å². The number of thioether (sulfide) groups is 1. The fourth-order valence-corrected chi connectivity index (χ4v) is 5.29. The summed E-state index contributed by atoms with van der Waals surface area (Å²) in [6.45, 7) is 0.0256. The molecule has 1 aliphatic rings. The first-order chi connectivity index (χ1) is 19.0. The standard InChI is InChI=1S/C30H24BrN3O4S/c31-21-12-14-22(15-13-21)33-27-28(30(37)34(29(27)36)19-24-9-5-17-38-24)39-25-10-4-8-23(18-25)32-26(35)16-11-20-6-2-1-3-7-20/h1-10,12-15,17-18,33H,11,16,19H2,(H,32,35). The van der Waals surface area contributed by atoms with Crippen LogP contribution in [-0.4, -0.2) is 22.6 Å². The van der Waals surface area contributed by atoms with E-state index in [1.807, 2.05) is 60.7 Å². The quantitative estimate of drug-likeness (QED) is 0.199. The molecular weight excluding hydrogens is 578 g/mol. The molecule has 2 heterocycles. The zero-order valence-electron chi connectivity index (χ0n) is 20.7. The largest absolute Gasteiger partial charge is 0.467 e. The maximum Gasteiger partial charge on any atom is 0.278 e. The number of benzene rings is 3. The Labute approximate surface area is 238 Å². The molecule has 7 nitrogen and oxygen atoms in total. The Kier molecular flexibility index (Phi) is 8.29. The molecule has 0 bridgehead atoms. The zero-order valence-corrected chi connectivity index (χ0v) is 23.1. The van der Waals surface area contributed by atoms with Gasteiger partial charge >= 0.3 is 0 Å².